The number of para-hydroxylation sites is 3. The number of aromatic nitrogens is 4. The number of amides is 2. The van der Waals surface area contributed by atoms with Crippen LogP contribution in [0.1, 0.15) is 86.0 Å². The highest BCUT2D eigenvalue weighted by molar-refractivity contribution is 6.28. The third kappa shape index (κ3) is 16.9. The first-order valence-electron chi connectivity index (χ1n) is 19.8. The lowest BCUT2D eigenvalue weighted by Gasteiger charge is -2.34. The summed E-state index contributed by atoms with van der Waals surface area (Å²) in [7, 11) is 0. The first-order chi connectivity index (χ1) is 28.8. The Morgan fingerprint density at radius 2 is 1.23 bits per heavy atom. The summed E-state index contributed by atoms with van der Waals surface area (Å²) in [5, 5.41) is 27.5. The molecule has 4 N–H and O–H groups in total. The fraction of sp³-hybridized carbons (Fsp3) is 0.476. The van der Waals surface area contributed by atoms with Crippen LogP contribution in [0.15, 0.2) is 73.1 Å². The molecule has 2 aromatic carbocycles. The van der Waals surface area contributed by atoms with E-state index in [-0.39, 0.29) is 54.4 Å². The number of nitro benzene ring substituents is 2. The first kappa shape index (κ1) is 50.0. The molecule has 4 heterocycles. The fourth-order valence-electron chi connectivity index (χ4n) is 6.37. The summed E-state index contributed by atoms with van der Waals surface area (Å²) in [6, 6.07) is 16.4. The van der Waals surface area contributed by atoms with Gasteiger partial charge in [-0.25, -0.2) is 29.5 Å². The number of carbonyl (C=O) groups is 2. The lowest BCUT2D eigenvalue weighted by molar-refractivity contribution is -0.385. The summed E-state index contributed by atoms with van der Waals surface area (Å²) >= 11 is 5.82. The average Bonchev–Trinajstić information content (AvgIpc) is 3.17. The molecule has 0 bridgehead atoms. The Bertz CT molecular complexity index is 2120. The van der Waals surface area contributed by atoms with Gasteiger partial charge in [0.25, 0.3) is 11.4 Å². The third-order valence-corrected chi connectivity index (χ3v) is 9.09. The van der Waals surface area contributed by atoms with Crippen LogP contribution in [0.5, 0.6) is 0 Å². The second-order valence-corrected chi connectivity index (χ2v) is 16.6. The van der Waals surface area contributed by atoms with Crippen LogP contribution < -0.4 is 26.2 Å². The molecule has 62 heavy (non-hydrogen) atoms. The minimum Gasteiger partial charge on any atom is -0.444 e. The van der Waals surface area contributed by atoms with Gasteiger partial charge in [-0.2, -0.15) is 0 Å². The average molecular weight is 880 g/mol. The number of hydrogen-bond acceptors (Lipinski definition) is 15. The molecule has 2 saturated heterocycles. The van der Waals surface area contributed by atoms with Crippen LogP contribution in [0.4, 0.5) is 38.3 Å². The van der Waals surface area contributed by atoms with Gasteiger partial charge in [0, 0.05) is 74.8 Å². The van der Waals surface area contributed by atoms with Crippen molar-refractivity contribution in [1.29, 1.82) is 0 Å². The SMILES string of the molecule is C.CC(C)(C)OC(=O)NC1CCCN(c2ccnc(Cc3ccccc3[N+](=O)[O-])n2)C1.CC(C)(C)OC(=O)NC1CCCN(c2ccnc(Cl)n2)C1.Nc1ccccc1[N+](=O)[O-]. The molecule has 0 spiro atoms. The summed E-state index contributed by atoms with van der Waals surface area (Å²) in [5.41, 5.74) is 5.05. The first-order valence-corrected chi connectivity index (χ1v) is 20.1. The van der Waals surface area contributed by atoms with E-state index in [4.69, 9.17) is 26.8 Å². The van der Waals surface area contributed by atoms with E-state index in [1.807, 2.05) is 53.7 Å². The maximum Gasteiger partial charge on any atom is 0.407 e. The maximum atomic E-state index is 12.1. The minimum absolute atomic E-state index is 0. The van der Waals surface area contributed by atoms with E-state index in [1.165, 1.54) is 18.2 Å². The molecule has 20 heteroatoms. The van der Waals surface area contributed by atoms with Crippen molar-refractivity contribution in [2.24, 2.45) is 0 Å². The van der Waals surface area contributed by atoms with Crippen LogP contribution in [0.25, 0.3) is 0 Å². The molecule has 2 aliphatic heterocycles. The monoisotopic (exact) mass is 879 g/mol. The number of nitrogens with one attached hydrogen (secondary N) is 2. The molecule has 4 aromatic rings. The number of alkyl carbamates (subject to hydrolysis) is 2. The normalized spacial score (nSPS) is 16.1. The number of nitrogens with zero attached hydrogens (tertiary/aromatic N) is 8. The predicted octanol–water partition coefficient (Wildman–Crippen LogP) is 7.91. The predicted molar refractivity (Wildman–Crippen MR) is 238 cm³/mol. The smallest absolute Gasteiger partial charge is 0.407 e. The van der Waals surface area contributed by atoms with Crippen molar-refractivity contribution < 1.29 is 28.9 Å². The Labute approximate surface area is 367 Å². The Kier molecular flexibility index (Phi) is 18.6. The van der Waals surface area contributed by atoms with E-state index in [1.54, 1.807) is 42.7 Å². The van der Waals surface area contributed by atoms with Crippen LogP contribution >= 0.6 is 11.6 Å². The van der Waals surface area contributed by atoms with E-state index in [9.17, 15) is 29.8 Å². The second-order valence-electron chi connectivity index (χ2n) is 16.3. The van der Waals surface area contributed by atoms with E-state index in [0.717, 1.165) is 50.4 Å². The Hall–Kier alpha value is -6.37. The van der Waals surface area contributed by atoms with Gasteiger partial charge in [-0.3, -0.25) is 20.2 Å². The van der Waals surface area contributed by atoms with Gasteiger partial charge in [0.2, 0.25) is 5.28 Å². The number of nitrogens with two attached hydrogens (primary N) is 1. The van der Waals surface area contributed by atoms with Gasteiger partial charge in [-0.1, -0.05) is 37.8 Å². The topological polar surface area (TPSA) is 247 Å². The largest absolute Gasteiger partial charge is 0.444 e. The standard InChI is InChI=1S/C21H27N5O4.C14H21ClN4O2.C6H6N2O2.CH4/c1-21(2,3)30-20(27)23-16-8-6-12-25(14-16)19-10-11-22-18(24-19)13-15-7-4-5-9-17(15)26(28)29;1-14(2,3)21-13(20)17-10-5-4-8-19(9-10)11-6-7-16-12(15)18-11;7-5-3-1-2-4-6(5)8(9)10;/h4-5,7,9-11,16H,6,8,12-14H2,1-3H3,(H,23,27);6-7,10H,4-5,8-9H2,1-3H3,(H,17,20);1-4H,7H2;1H4. The highest BCUT2D eigenvalue weighted by atomic mass is 35.5. The molecule has 2 atom stereocenters. The highest BCUT2D eigenvalue weighted by Gasteiger charge is 2.27. The van der Waals surface area contributed by atoms with Gasteiger partial charge < -0.3 is 35.6 Å². The lowest BCUT2D eigenvalue weighted by atomic mass is 10.1. The van der Waals surface area contributed by atoms with Crippen molar-refractivity contribution in [2.75, 3.05) is 41.7 Å². The van der Waals surface area contributed by atoms with Crippen LogP contribution in [0, 0.1) is 20.2 Å². The number of nitro groups is 2. The van der Waals surface area contributed by atoms with Crippen molar-refractivity contribution in [2.45, 2.75) is 104 Å². The quantitative estimate of drug-likeness (QED) is 0.0658. The summed E-state index contributed by atoms with van der Waals surface area (Å²) in [6.07, 6.45) is 6.44. The zero-order chi connectivity index (χ0) is 44.7. The molecule has 2 aliphatic rings. The fourth-order valence-corrected chi connectivity index (χ4v) is 6.51. The summed E-state index contributed by atoms with van der Waals surface area (Å²) in [4.78, 5) is 65.6. The van der Waals surface area contributed by atoms with Crippen molar-refractivity contribution in [1.82, 2.24) is 30.6 Å². The van der Waals surface area contributed by atoms with Crippen molar-refractivity contribution in [3.05, 3.63) is 110 Å². The molecule has 0 radical (unpaired) electrons. The van der Waals surface area contributed by atoms with E-state index in [0.29, 0.717) is 24.5 Å². The van der Waals surface area contributed by atoms with Gasteiger partial charge in [-0.05, 0) is 97.0 Å². The summed E-state index contributed by atoms with van der Waals surface area (Å²) in [5.74, 6) is 2.05. The van der Waals surface area contributed by atoms with E-state index in [2.05, 4.69) is 40.4 Å². The maximum absolute atomic E-state index is 12.1. The summed E-state index contributed by atoms with van der Waals surface area (Å²) < 4.78 is 10.6. The van der Waals surface area contributed by atoms with Gasteiger partial charge in [0.15, 0.2) is 0 Å². The molecule has 2 unspecified atom stereocenters. The summed E-state index contributed by atoms with van der Waals surface area (Å²) in [6.45, 7) is 14.0. The molecule has 19 nitrogen and oxygen atoms in total. The lowest BCUT2D eigenvalue weighted by Crippen LogP contribution is -2.49. The van der Waals surface area contributed by atoms with Gasteiger partial charge >= 0.3 is 12.2 Å². The highest BCUT2D eigenvalue weighted by Crippen LogP contribution is 2.23. The van der Waals surface area contributed by atoms with Gasteiger partial charge in [0.05, 0.1) is 9.85 Å². The van der Waals surface area contributed by atoms with Crippen LogP contribution in [0.2, 0.25) is 5.28 Å². The molecule has 0 saturated carbocycles. The minimum atomic E-state index is -0.542. The molecule has 2 amide bonds. The van der Waals surface area contributed by atoms with Crippen molar-refractivity contribution in [3.8, 4) is 0 Å². The molecule has 6 rings (SSSR count). The number of carbonyl (C=O) groups excluding carboxylic acids is 2. The number of rotatable bonds is 8. The van der Waals surface area contributed by atoms with Crippen molar-refractivity contribution in [3.63, 3.8) is 0 Å². The zero-order valence-corrected chi connectivity index (χ0v) is 36.0. The number of ether oxygens (including phenoxy) is 2. The molecular weight excluding hydrogens is 822 g/mol. The van der Waals surface area contributed by atoms with E-state index < -0.39 is 27.1 Å². The Morgan fingerprint density at radius 3 is 1.69 bits per heavy atom. The number of hydrogen-bond donors (Lipinski definition) is 3. The van der Waals surface area contributed by atoms with Crippen LogP contribution in [-0.4, -0.2) is 91.4 Å². The Balaban J connectivity index is 0.000000277. The third-order valence-electron chi connectivity index (χ3n) is 8.91. The van der Waals surface area contributed by atoms with E-state index >= 15 is 0 Å². The van der Waals surface area contributed by atoms with Crippen molar-refractivity contribution >= 4 is 52.5 Å². The molecule has 2 aromatic heterocycles. The number of benzene rings is 2. The van der Waals surface area contributed by atoms with Gasteiger partial charge in [-0.15, -0.1) is 0 Å². The number of piperidine rings is 2. The molecule has 336 valence electrons. The molecule has 2 fully saturated rings. The number of halogens is 1. The van der Waals surface area contributed by atoms with Gasteiger partial charge in [0.1, 0.15) is 34.3 Å². The number of anilines is 3. The molecule has 0 aliphatic carbocycles. The van der Waals surface area contributed by atoms with Crippen LogP contribution in [0.3, 0.4) is 0 Å². The van der Waals surface area contributed by atoms with Crippen LogP contribution in [-0.2, 0) is 15.9 Å². The zero-order valence-electron chi connectivity index (χ0n) is 35.2. The second kappa shape index (κ2) is 23.0. The Morgan fingerprint density at radius 1 is 0.758 bits per heavy atom. The number of nitrogen functional groups attached to an aromatic ring is 1. The molecular formula is C42H58ClN11O8.